The van der Waals surface area contributed by atoms with Crippen LogP contribution in [0.3, 0.4) is 0 Å². The first-order chi connectivity index (χ1) is 13.6. The number of hydrogen-bond donors (Lipinski definition) is 0. The van der Waals surface area contributed by atoms with Crippen molar-refractivity contribution in [3.05, 3.63) is 65.6 Å². The number of carbonyl (C=O) groups is 1. The fraction of sp³-hybridized carbons (Fsp3) is 0.143. The third-order valence-electron chi connectivity index (χ3n) is 3.98. The van der Waals surface area contributed by atoms with Crippen LogP contribution in [0.15, 0.2) is 60.0 Å². The first-order valence-electron chi connectivity index (χ1n) is 8.42. The molecule has 1 aliphatic rings. The summed E-state index contributed by atoms with van der Waals surface area (Å²) in [5.74, 6) is 1.50. The minimum Gasteiger partial charge on any atom is -0.495 e. The van der Waals surface area contributed by atoms with Crippen LogP contribution in [0, 0.1) is 0 Å². The molecule has 2 aromatic carbocycles. The molecule has 0 atom stereocenters. The highest BCUT2D eigenvalue weighted by atomic mass is 32.2. The normalized spacial score (nSPS) is 15.1. The van der Waals surface area contributed by atoms with Crippen LogP contribution in [0.5, 0.6) is 17.2 Å². The predicted octanol–water partition coefficient (Wildman–Crippen LogP) is 4.67. The lowest BCUT2D eigenvalue weighted by Crippen LogP contribution is -2.27. The molecule has 5 nitrogen and oxygen atoms in total. The lowest BCUT2D eigenvalue weighted by atomic mass is 10.1. The highest BCUT2D eigenvalue weighted by molar-refractivity contribution is 8.27. The van der Waals surface area contributed by atoms with Gasteiger partial charge in [-0.3, -0.25) is 9.69 Å². The first-order valence-corrected chi connectivity index (χ1v) is 9.64. The summed E-state index contributed by atoms with van der Waals surface area (Å²) in [6.07, 6.45) is 3.41. The van der Waals surface area contributed by atoms with Crippen molar-refractivity contribution in [2.75, 3.05) is 25.7 Å². The number of para-hydroxylation sites is 3. The van der Waals surface area contributed by atoms with Crippen LogP contribution in [0.2, 0.25) is 0 Å². The number of thioether (sulfide) groups is 1. The molecule has 3 rings (SSSR count). The van der Waals surface area contributed by atoms with Crippen LogP contribution in [0.4, 0.5) is 5.69 Å². The van der Waals surface area contributed by atoms with E-state index in [2.05, 4.69) is 6.58 Å². The zero-order chi connectivity index (χ0) is 20.1. The smallest absolute Gasteiger partial charge is 0.270 e. The Labute approximate surface area is 173 Å². The number of amides is 1. The maximum absolute atomic E-state index is 13.1. The second-order valence-electron chi connectivity index (χ2n) is 5.67. The molecular weight excluding hydrogens is 394 g/mol. The summed E-state index contributed by atoms with van der Waals surface area (Å²) < 4.78 is 17.0. The molecule has 0 aromatic heterocycles. The molecule has 2 aromatic rings. The van der Waals surface area contributed by atoms with Gasteiger partial charge in [-0.2, -0.15) is 0 Å². The van der Waals surface area contributed by atoms with E-state index in [1.165, 1.54) is 16.7 Å². The van der Waals surface area contributed by atoms with Gasteiger partial charge in [0.2, 0.25) is 0 Å². The van der Waals surface area contributed by atoms with Gasteiger partial charge in [-0.25, -0.2) is 0 Å². The highest BCUT2D eigenvalue weighted by Gasteiger charge is 2.35. The van der Waals surface area contributed by atoms with E-state index >= 15 is 0 Å². The summed E-state index contributed by atoms with van der Waals surface area (Å²) in [5, 5.41) is 0. The first kappa shape index (κ1) is 20.0. The van der Waals surface area contributed by atoms with Crippen molar-refractivity contribution in [3.63, 3.8) is 0 Å². The molecule has 1 heterocycles. The third kappa shape index (κ3) is 3.90. The van der Waals surface area contributed by atoms with E-state index in [0.717, 1.165) is 5.56 Å². The average molecular weight is 414 g/mol. The monoisotopic (exact) mass is 413 g/mol. The van der Waals surface area contributed by atoms with Crippen LogP contribution in [0.25, 0.3) is 6.08 Å². The summed E-state index contributed by atoms with van der Waals surface area (Å²) in [4.78, 5) is 15.0. The largest absolute Gasteiger partial charge is 0.495 e. The van der Waals surface area contributed by atoms with Crippen molar-refractivity contribution in [1.82, 2.24) is 0 Å². The molecule has 7 heteroatoms. The van der Waals surface area contributed by atoms with E-state index in [1.54, 1.807) is 44.6 Å². The van der Waals surface area contributed by atoms with Gasteiger partial charge < -0.3 is 14.2 Å². The van der Waals surface area contributed by atoms with Crippen molar-refractivity contribution in [3.8, 4) is 17.2 Å². The number of thiocarbonyl (C=S) groups is 1. The Balaban J connectivity index is 2.00. The van der Waals surface area contributed by atoms with Gasteiger partial charge in [-0.15, -0.1) is 0 Å². The van der Waals surface area contributed by atoms with Gasteiger partial charge in [0.15, 0.2) is 15.8 Å². The molecule has 0 bridgehead atoms. The second kappa shape index (κ2) is 8.95. The fourth-order valence-corrected chi connectivity index (χ4v) is 4.01. The van der Waals surface area contributed by atoms with Crippen LogP contribution in [-0.4, -0.2) is 31.1 Å². The maximum Gasteiger partial charge on any atom is 0.270 e. The molecule has 0 saturated carbocycles. The van der Waals surface area contributed by atoms with Gasteiger partial charge in [0.05, 0.1) is 24.8 Å². The van der Waals surface area contributed by atoms with Gasteiger partial charge in [-0.05, 0) is 24.3 Å². The molecule has 1 aliphatic heterocycles. The number of nitrogens with zero attached hydrogens (tertiary/aromatic N) is 1. The van der Waals surface area contributed by atoms with E-state index in [-0.39, 0.29) is 5.91 Å². The third-order valence-corrected chi connectivity index (χ3v) is 5.28. The SMILES string of the molecule is C=CCOc1c(/C=C2\SC(=S)N(c3ccccc3OC)C2=O)cccc1OC. The molecule has 0 unspecified atom stereocenters. The Morgan fingerprint density at radius 3 is 2.54 bits per heavy atom. The maximum atomic E-state index is 13.1. The summed E-state index contributed by atoms with van der Waals surface area (Å²) in [5.41, 5.74) is 1.34. The Hall–Kier alpha value is -2.77. The van der Waals surface area contributed by atoms with Crippen LogP contribution >= 0.6 is 24.0 Å². The molecule has 0 N–H and O–H groups in total. The number of methoxy groups -OCH3 is 2. The molecule has 144 valence electrons. The Morgan fingerprint density at radius 1 is 1.11 bits per heavy atom. The van der Waals surface area contributed by atoms with Crippen molar-refractivity contribution in [2.45, 2.75) is 0 Å². The number of carbonyl (C=O) groups excluding carboxylic acids is 1. The standard InChI is InChI=1S/C21H19NO4S2/c1-4-12-26-19-14(8-7-11-17(19)25-3)13-18-20(23)22(21(27)28-18)15-9-5-6-10-16(15)24-2/h4-11,13H,1,12H2,2-3H3/b18-13-. The van der Waals surface area contributed by atoms with Crippen molar-refractivity contribution in [1.29, 1.82) is 0 Å². The van der Waals surface area contributed by atoms with Gasteiger partial charge in [0.25, 0.3) is 5.91 Å². The van der Waals surface area contributed by atoms with Crippen LogP contribution in [0.1, 0.15) is 5.56 Å². The molecule has 0 spiro atoms. The topological polar surface area (TPSA) is 48.0 Å². The minimum atomic E-state index is -0.211. The van der Waals surface area contributed by atoms with Crippen LogP contribution in [-0.2, 0) is 4.79 Å². The Kier molecular flexibility index (Phi) is 6.38. The van der Waals surface area contributed by atoms with E-state index < -0.39 is 0 Å². The molecule has 1 fully saturated rings. The number of rotatable bonds is 7. The number of hydrogen-bond acceptors (Lipinski definition) is 6. The van der Waals surface area contributed by atoms with Gasteiger partial charge in [0, 0.05) is 5.56 Å². The van der Waals surface area contributed by atoms with Crippen molar-refractivity contribution >= 4 is 46.0 Å². The zero-order valence-corrected chi connectivity index (χ0v) is 17.1. The summed E-state index contributed by atoms with van der Waals surface area (Å²) >= 11 is 6.69. The van der Waals surface area contributed by atoms with Crippen molar-refractivity contribution in [2.24, 2.45) is 0 Å². The molecular formula is C21H19NO4S2. The molecule has 0 radical (unpaired) electrons. The van der Waals surface area contributed by atoms with Gasteiger partial charge >= 0.3 is 0 Å². The van der Waals surface area contributed by atoms with E-state index in [1.807, 2.05) is 24.3 Å². The molecule has 28 heavy (non-hydrogen) atoms. The lowest BCUT2D eigenvalue weighted by Gasteiger charge is -2.17. The molecule has 1 saturated heterocycles. The molecule has 1 amide bonds. The summed E-state index contributed by atoms with van der Waals surface area (Å²) in [6, 6.07) is 12.8. The second-order valence-corrected chi connectivity index (χ2v) is 7.34. The van der Waals surface area contributed by atoms with Crippen molar-refractivity contribution < 1.29 is 19.0 Å². The summed E-state index contributed by atoms with van der Waals surface area (Å²) in [6.45, 7) is 3.99. The number of benzene rings is 2. The van der Waals surface area contributed by atoms with E-state index in [0.29, 0.717) is 38.8 Å². The van der Waals surface area contributed by atoms with Crippen LogP contribution < -0.4 is 19.1 Å². The van der Waals surface area contributed by atoms with Gasteiger partial charge in [-0.1, -0.05) is 60.9 Å². The Bertz CT molecular complexity index is 955. The minimum absolute atomic E-state index is 0.211. The summed E-state index contributed by atoms with van der Waals surface area (Å²) in [7, 11) is 3.13. The zero-order valence-electron chi connectivity index (χ0n) is 15.5. The van der Waals surface area contributed by atoms with E-state index in [9.17, 15) is 4.79 Å². The highest BCUT2D eigenvalue weighted by Crippen LogP contribution is 2.41. The number of ether oxygens (including phenoxy) is 3. The fourth-order valence-electron chi connectivity index (χ4n) is 2.74. The van der Waals surface area contributed by atoms with E-state index in [4.69, 9.17) is 26.4 Å². The average Bonchev–Trinajstić information content (AvgIpc) is 2.99. The number of anilines is 1. The Morgan fingerprint density at radius 2 is 1.82 bits per heavy atom. The quantitative estimate of drug-likeness (QED) is 0.373. The molecule has 0 aliphatic carbocycles. The predicted molar refractivity (Wildman–Crippen MR) is 117 cm³/mol. The van der Waals surface area contributed by atoms with Gasteiger partial charge in [0.1, 0.15) is 12.4 Å². The lowest BCUT2D eigenvalue weighted by molar-refractivity contribution is -0.113.